The first-order valence-electron chi connectivity index (χ1n) is 5.61. The van der Waals surface area contributed by atoms with Gasteiger partial charge in [0.05, 0.1) is 0 Å². The first kappa shape index (κ1) is 10.4. The van der Waals surface area contributed by atoms with Gasteiger partial charge < -0.3 is 14.9 Å². The fourth-order valence-corrected chi connectivity index (χ4v) is 1.98. The van der Waals surface area contributed by atoms with Crippen molar-refractivity contribution in [2.75, 3.05) is 13.1 Å². The van der Waals surface area contributed by atoms with E-state index in [4.69, 9.17) is 4.52 Å². The maximum atomic E-state index is 10.3. The van der Waals surface area contributed by atoms with E-state index in [1.54, 1.807) is 0 Å². The van der Waals surface area contributed by atoms with Crippen molar-refractivity contribution in [2.24, 2.45) is 0 Å². The Balaban J connectivity index is 1.93. The molecule has 0 saturated carbocycles. The Morgan fingerprint density at radius 3 is 2.82 bits per heavy atom. The van der Waals surface area contributed by atoms with Gasteiger partial charge in [-0.25, -0.2) is 0 Å². The summed E-state index contributed by atoms with van der Waals surface area (Å²) in [7, 11) is 0. The van der Waals surface area contributed by atoms with E-state index < -0.39 is 5.60 Å². The summed E-state index contributed by atoms with van der Waals surface area (Å²) >= 11 is 0. The molecule has 1 unspecified atom stereocenters. The lowest BCUT2D eigenvalue weighted by Crippen LogP contribution is -2.28. The van der Waals surface area contributed by atoms with E-state index in [0.29, 0.717) is 24.7 Å². The topological polar surface area (TPSA) is 71.2 Å². The summed E-state index contributed by atoms with van der Waals surface area (Å²) in [4.78, 5) is 4.27. The number of rotatable bonds is 2. The average molecular weight is 231 g/mol. The van der Waals surface area contributed by atoms with Crippen LogP contribution in [0.25, 0.3) is 11.4 Å². The number of aliphatic hydroxyl groups is 1. The van der Waals surface area contributed by atoms with Gasteiger partial charge in [-0.1, -0.05) is 35.5 Å². The molecule has 5 heteroatoms. The molecule has 1 saturated heterocycles. The summed E-state index contributed by atoms with van der Waals surface area (Å²) < 4.78 is 5.15. The second-order valence-electron chi connectivity index (χ2n) is 4.25. The zero-order chi connectivity index (χ0) is 11.7. The lowest BCUT2D eigenvalue weighted by molar-refractivity contribution is 0.0243. The molecule has 0 radical (unpaired) electrons. The Morgan fingerprint density at radius 1 is 1.29 bits per heavy atom. The van der Waals surface area contributed by atoms with Crippen molar-refractivity contribution >= 4 is 0 Å². The number of hydrogen-bond donors (Lipinski definition) is 2. The molecule has 1 fully saturated rings. The largest absolute Gasteiger partial charge is 0.379 e. The summed E-state index contributed by atoms with van der Waals surface area (Å²) in [6.45, 7) is 1.23. The maximum Gasteiger partial charge on any atom is 0.260 e. The molecule has 0 amide bonds. The highest BCUT2D eigenvalue weighted by Crippen LogP contribution is 2.27. The molecule has 5 nitrogen and oxygen atoms in total. The van der Waals surface area contributed by atoms with Crippen molar-refractivity contribution < 1.29 is 9.63 Å². The predicted molar refractivity (Wildman–Crippen MR) is 61.1 cm³/mol. The molecule has 88 valence electrons. The molecular formula is C12H13N3O2. The van der Waals surface area contributed by atoms with E-state index in [1.807, 2.05) is 30.3 Å². The summed E-state index contributed by atoms with van der Waals surface area (Å²) in [5, 5.41) is 17.2. The van der Waals surface area contributed by atoms with E-state index in [2.05, 4.69) is 15.5 Å². The highest BCUT2D eigenvalue weighted by atomic mass is 16.5. The number of β-amino-alcohol motifs (C(OH)–C–C–N with tert-alkyl or cyclic N) is 1. The van der Waals surface area contributed by atoms with Crippen LogP contribution in [0.1, 0.15) is 12.3 Å². The van der Waals surface area contributed by atoms with Gasteiger partial charge in [-0.05, 0) is 13.0 Å². The smallest absolute Gasteiger partial charge is 0.260 e. The number of benzene rings is 1. The molecule has 1 aromatic heterocycles. The Labute approximate surface area is 98.5 Å². The Bertz CT molecular complexity index is 503. The second-order valence-corrected chi connectivity index (χ2v) is 4.25. The summed E-state index contributed by atoms with van der Waals surface area (Å²) in [6.07, 6.45) is 0.601. The minimum absolute atomic E-state index is 0.293. The van der Waals surface area contributed by atoms with Crippen molar-refractivity contribution in [2.45, 2.75) is 12.0 Å². The minimum atomic E-state index is -1.01. The van der Waals surface area contributed by atoms with Gasteiger partial charge in [-0.3, -0.25) is 0 Å². The number of nitrogens with zero attached hydrogens (tertiary/aromatic N) is 2. The van der Waals surface area contributed by atoms with E-state index >= 15 is 0 Å². The van der Waals surface area contributed by atoms with Crippen LogP contribution in [0.3, 0.4) is 0 Å². The molecule has 3 rings (SSSR count). The molecule has 2 heterocycles. The van der Waals surface area contributed by atoms with Gasteiger partial charge in [0.1, 0.15) is 0 Å². The molecule has 17 heavy (non-hydrogen) atoms. The molecule has 0 bridgehead atoms. The number of aromatic nitrogens is 2. The lowest BCUT2D eigenvalue weighted by Gasteiger charge is -2.14. The van der Waals surface area contributed by atoms with E-state index in [-0.39, 0.29) is 0 Å². The first-order chi connectivity index (χ1) is 8.28. The van der Waals surface area contributed by atoms with E-state index in [0.717, 1.165) is 12.1 Å². The summed E-state index contributed by atoms with van der Waals surface area (Å²) in [6, 6.07) is 9.57. The number of nitrogens with one attached hydrogen (secondary N) is 1. The zero-order valence-electron chi connectivity index (χ0n) is 9.26. The van der Waals surface area contributed by atoms with E-state index in [9.17, 15) is 5.11 Å². The van der Waals surface area contributed by atoms with Crippen LogP contribution in [0.5, 0.6) is 0 Å². The van der Waals surface area contributed by atoms with Gasteiger partial charge in [0, 0.05) is 12.1 Å². The molecule has 1 aromatic carbocycles. The molecular weight excluding hydrogens is 218 g/mol. The molecule has 0 aliphatic carbocycles. The third-order valence-corrected chi connectivity index (χ3v) is 2.99. The number of hydrogen-bond acceptors (Lipinski definition) is 5. The lowest BCUT2D eigenvalue weighted by atomic mass is 10.0. The van der Waals surface area contributed by atoms with Gasteiger partial charge >= 0.3 is 0 Å². The molecule has 2 aromatic rings. The van der Waals surface area contributed by atoms with Crippen molar-refractivity contribution in [1.82, 2.24) is 15.5 Å². The third-order valence-electron chi connectivity index (χ3n) is 2.99. The van der Waals surface area contributed by atoms with Crippen LogP contribution in [0.2, 0.25) is 0 Å². The fourth-order valence-electron chi connectivity index (χ4n) is 1.98. The summed E-state index contributed by atoms with van der Waals surface area (Å²) in [5.41, 5.74) is -0.128. The summed E-state index contributed by atoms with van der Waals surface area (Å²) in [5.74, 6) is 0.808. The quantitative estimate of drug-likeness (QED) is 0.804. The van der Waals surface area contributed by atoms with Crippen molar-refractivity contribution in [3.63, 3.8) is 0 Å². The van der Waals surface area contributed by atoms with Crippen molar-refractivity contribution in [3.05, 3.63) is 36.2 Å². The van der Waals surface area contributed by atoms with Crippen LogP contribution in [-0.4, -0.2) is 28.3 Å². The van der Waals surface area contributed by atoms with Crippen LogP contribution >= 0.6 is 0 Å². The maximum absolute atomic E-state index is 10.3. The van der Waals surface area contributed by atoms with Gasteiger partial charge in [-0.15, -0.1) is 0 Å². The van der Waals surface area contributed by atoms with Crippen molar-refractivity contribution in [3.8, 4) is 11.4 Å². The normalized spacial score (nSPS) is 24.1. The second kappa shape index (κ2) is 3.94. The van der Waals surface area contributed by atoms with Crippen LogP contribution < -0.4 is 5.32 Å². The standard InChI is InChI=1S/C12H13N3O2/c16-12(6-7-13-8-12)11-14-10(15-17-11)9-4-2-1-3-5-9/h1-5,13,16H,6-8H2. The molecule has 0 spiro atoms. The minimum Gasteiger partial charge on any atom is -0.379 e. The molecule has 1 aliphatic heterocycles. The van der Waals surface area contributed by atoms with Gasteiger partial charge in [0.2, 0.25) is 5.82 Å². The van der Waals surface area contributed by atoms with Crippen molar-refractivity contribution in [1.29, 1.82) is 0 Å². The third kappa shape index (κ3) is 1.83. The van der Waals surface area contributed by atoms with E-state index in [1.165, 1.54) is 0 Å². The van der Waals surface area contributed by atoms with Gasteiger partial charge in [-0.2, -0.15) is 4.98 Å². The van der Waals surface area contributed by atoms with Crippen LogP contribution in [0.4, 0.5) is 0 Å². The average Bonchev–Trinajstić information content (AvgIpc) is 2.99. The first-order valence-corrected chi connectivity index (χ1v) is 5.61. The molecule has 2 N–H and O–H groups in total. The monoisotopic (exact) mass is 231 g/mol. The van der Waals surface area contributed by atoms with Crippen LogP contribution in [-0.2, 0) is 5.60 Å². The zero-order valence-corrected chi connectivity index (χ0v) is 9.26. The van der Waals surface area contributed by atoms with Crippen LogP contribution in [0.15, 0.2) is 34.9 Å². The SMILES string of the molecule is OC1(c2nc(-c3ccccc3)no2)CCNC1. The highest BCUT2D eigenvalue weighted by molar-refractivity contribution is 5.53. The highest BCUT2D eigenvalue weighted by Gasteiger charge is 2.38. The predicted octanol–water partition coefficient (Wildman–Crippen LogP) is 0.917. The Hall–Kier alpha value is -1.72. The van der Waals surface area contributed by atoms with Crippen LogP contribution in [0, 0.1) is 0 Å². The van der Waals surface area contributed by atoms with Gasteiger partial charge in [0.15, 0.2) is 5.60 Å². The van der Waals surface area contributed by atoms with Gasteiger partial charge in [0.25, 0.3) is 5.89 Å². The fraction of sp³-hybridized carbons (Fsp3) is 0.333. The Kier molecular flexibility index (Phi) is 2.42. The molecule has 1 aliphatic rings. The Morgan fingerprint density at radius 2 is 2.12 bits per heavy atom. The molecule has 1 atom stereocenters.